The Morgan fingerprint density at radius 2 is 1.94 bits per heavy atom. The highest BCUT2D eigenvalue weighted by Crippen LogP contribution is 2.20. The second kappa shape index (κ2) is 5.56. The molecule has 0 spiro atoms. The van der Waals surface area contributed by atoms with Crippen molar-refractivity contribution in [1.29, 1.82) is 0 Å². The quantitative estimate of drug-likeness (QED) is 0.695. The van der Waals surface area contributed by atoms with Gasteiger partial charge in [0, 0.05) is 18.5 Å². The van der Waals surface area contributed by atoms with Crippen molar-refractivity contribution in [3.8, 4) is 0 Å². The van der Waals surface area contributed by atoms with E-state index in [1.807, 2.05) is 20.8 Å². The molecule has 6 nitrogen and oxygen atoms in total. The van der Waals surface area contributed by atoms with Gasteiger partial charge in [0.15, 0.2) is 0 Å². The Kier molecular flexibility index (Phi) is 4.56. The fourth-order valence-corrected chi connectivity index (χ4v) is 2.03. The van der Waals surface area contributed by atoms with E-state index in [2.05, 4.69) is 5.32 Å². The van der Waals surface area contributed by atoms with Gasteiger partial charge in [-0.2, -0.15) is 0 Å². The number of rotatable bonds is 4. The first-order chi connectivity index (χ1) is 8.33. The molecule has 1 rings (SSSR count). The number of likely N-dealkylation sites (tertiary alicyclic amines) is 1. The molecule has 104 valence electrons. The fraction of sp³-hybridized carbons (Fsp3) is 0.833. The van der Waals surface area contributed by atoms with Gasteiger partial charge >= 0.3 is 12.0 Å². The summed E-state index contributed by atoms with van der Waals surface area (Å²) in [6, 6.07) is -1.34. The molecule has 1 saturated heterocycles. The van der Waals surface area contributed by atoms with Gasteiger partial charge in [-0.1, -0.05) is 13.8 Å². The lowest BCUT2D eigenvalue weighted by Crippen LogP contribution is -2.53. The molecule has 0 saturated carbocycles. The van der Waals surface area contributed by atoms with Crippen LogP contribution >= 0.6 is 0 Å². The highest BCUT2D eigenvalue weighted by Gasteiger charge is 2.40. The van der Waals surface area contributed by atoms with Crippen LogP contribution in [0.3, 0.4) is 0 Å². The van der Waals surface area contributed by atoms with Crippen LogP contribution in [0.15, 0.2) is 0 Å². The maximum absolute atomic E-state index is 12.1. The maximum Gasteiger partial charge on any atom is 0.326 e. The lowest BCUT2D eigenvalue weighted by atomic mass is 9.96. The zero-order valence-electron chi connectivity index (χ0n) is 11.1. The Morgan fingerprint density at radius 1 is 1.39 bits per heavy atom. The number of aliphatic hydroxyl groups excluding tert-OH is 1. The summed E-state index contributed by atoms with van der Waals surface area (Å²) in [6.45, 7) is 5.94. The average Bonchev–Trinajstić information content (AvgIpc) is 2.71. The molecular weight excluding hydrogens is 236 g/mol. The van der Waals surface area contributed by atoms with Crippen LogP contribution in [0.1, 0.15) is 40.0 Å². The number of carbonyl (C=O) groups excluding carboxylic acids is 1. The molecule has 2 amide bonds. The molecule has 0 aromatic rings. The van der Waals surface area contributed by atoms with Crippen molar-refractivity contribution >= 4 is 12.0 Å². The number of nitrogens with one attached hydrogen (secondary N) is 1. The molecule has 1 heterocycles. The number of amides is 2. The minimum absolute atomic E-state index is 0.0757. The molecule has 0 unspecified atom stereocenters. The first-order valence-corrected chi connectivity index (χ1v) is 6.32. The van der Waals surface area contributed by atoms with Crippen LogP contribution in [-0.4, -0.2) is 51.3 Å². The second-order valence-corrected chi connectivity index (χ2v) is 5.09. The molecule has 0 aromatic heterocycles. The minimum atomic E-state index is -1.07. The third kappa shape index (κ3) is 3.13. The number of urea groups is 1. The van der Waals surface area contributed by atoms with Crippen molar-refractivity contribution in [2.75, 3.05) is 6.54 Å². The molecule has 18 heavy (non-hydrogen) atoms. The van der Waals surface area contributed by atoms with Crippen LogP contribution in [0.5, 0.6) is 0 Å². The van der Waals surface area contributed by atoms with Crippen LogP contribution in [0.4, 0.5) is 4.79 Å². The van der Waals surface area contributed by atoms with Crippen LogP contribution in [0.2, 0.25) is 0 Å². The number of carboxylic acid groups (broad SMARTS) is 1. The maximum atomic E-state index is 12.1. The van der Waals surface area contributed by atoms with Gasteiger partial charge in [-0.25, -0.2) is 9.59 Å². The van der Waals surface area contributed by atoms with Gasteiger partial charge in [0.05, 0.1) is 6.10 Å². The topological polar surface area (TPSA) is 89.9 Å². The predicted octanol–water partition coefficient (Wildman–Crippen LogP) is 0.794. The van der Waals surface area contributed by atoms with E-state index in [4.69, 9.17) is 5.11 Å². The molecule has 1 aliphatic rings. The zero-order valence-corrected chi connectivity index (χ0v) is 11.1. The number of aliphatic hydroxyl groups is 1. The Morgan fingerprint density at radius 3 is 2.39 bits per heavy atom. The van der Waals surface area contributed by atoms with E-state index in [9.17, 15) is 14.7 Å². The third-order valence-corrected chi connectivity index (χ3v) is 3.79. The van der Waals surface area contributed by atoms with Gasteiger partial charge in [-0.15, -0.1) is 0 Å². The molecule has 0 bridgehead atoms. The van der Waals surface area contributed by atoms with Crippen LogP contribution in [0.25, 0.3) is 0 Å². The molecular formula is C12H22N2O4. The molecule has 6 heteroatoms. The minimum Gasteiger partial charge on any atom is -0.480 e. The summed E-state index contributed by atoms with van der Waals surface area (Å²) in [7, 11) is 0. The van der Waals surface area contributed by atoms with Gasteiger partial charge in [0.25, 0.3) is 0 Å². The summed E-state index contributed by atoms with van der Waals surface area (Å²) in [4.78, 5) is 24.3. The highest BCUT2D eigenvalue weighted by atomic mass is 16.4. The lowest BCUT2D eigenvalue weighted by Gasteiger charge is -2.32. The first kappa shape index (κ1) is 14.8. The van der Waals surface area contributed by atoms with E-state index >= 15 is 0 Å². The second-order valence-electron chi connectivity index (χ2n) is 5.09. The van der Waals surface area contributed by atoms with Crippen molar-refractivity contribution in [2.24, 2.45) is 0 Å². The van der Waals surface area contributed by atoms with Gasteiger partial charge in [0.1, 0.15) is 6.04 Å². The zero-order chi connectivity index (χ0) is 13.9. The van der Waals surface area contributed by atoms with Gasteiger partial charge in [-0.3, -0.25) is 0 Å². The standard InChI is InChI=1S/C12H22N2O4/c1-4-12(3,5-2)13-11(18)14-7-8(15)6-9(14)10(16)17/h8-9,15H,4-7H2,1-3H3,(H,13,18)(H,16,17)/t8-,9-/m0/s1. The van der Waals surface area contributed by atoms with Crippen molar-refractivity contribution in [3.63, 3.8) is 0 Å². The lowest BCUT2D eigenvalue weighted by molar-refractivity contribution is -0.141. The van der Waals surface area contributed by atoms with E-state index in [-0.39, 0.29) is 18.5 Å². The SMILES string of the molecule is CCC(C)(CC)NC(=O)N1C[C@@H](O)C[C@H]1C(=O)O. The number of aliphatic carboxylic acids is 1. The van der Waals surface area contributed by atoms with Crippen molar-refractivity contribution < 1.29 is 19.8 Å². The van der Waals surface area contributed by atoms with Gasteiger partial charge in [0.2, 0.25) is 0 Å². The molecule has 2 atom stereocenters. The summed E-state index contributed by atoms with van der Waals surface area (Å²) >= 11 is 0. The molecule has 3 N–H and O–H groups in total. The predicted molar refractivity (Wildman–Crippen MR) is 66.3 cm³/mol. The summed E-state index contributed by atoms with van der Waals surface area (Å²) < 4.78 is 0. The normalized spacial score (nSPS) is 24.1. The smallest absolute Gasteiger partial charge is 0.326 e. The van der Waals surface area contributed by atoms with Gasteiger partial charge < -0.3 is 20.4 Å². The molecule has 0 radical (unpaired) electrons. The van der Waals surface area contributed by atoms with Crippen LogP contribution in [0, 0.1) is 0 Å². The Labute approximate surface area is 107 Å². The van der Waals surface area contributed by atoms with Crippen molar-refractivity contribution in [1.82, 2.24) is 10.2 Å². The fourth-order valence-electron chi connectivity index (χ4n) is 2.03. The average molecular weight is 258 g/mol. The van der Waals surface area contributed by atoms with Crippen molar-refractivity contribution in [3.05, 3.63) is 0 Å². The molecule has 0 aliphatic carbocycles. The number of hydrogen-bond donors (Lipinski definition) is 3. The van der Waals surface area contributed by atoms with E-state index in [0.29, 0.717) is 0 Å². The van der Waals surface area contributed by atoms with Gasteiger partial charge in [-0.05, 0) is 19.8 Å². The van der Waals surface area contributed by atoms with E-state index in [1.54, 1.807) is 0 Å². The molecule has 1 fully saturated rings. The number of hydrogen-bond acceptors (Lipinski definition) is 3. The first-order valence-electron chi connectivity index (χ1n) is 6.32. The van der Waals surface area contributed by atoms with Crippen LogP contribution < -0.4 is 5.32 Å². The Balaban J connectivity index is 2.74. The van der Waals surface area contributed by atoms with Crippen molar-refractivity contribution in [2.45, 2.75) is 57.7 Å². The summed E-state index contributed by atoms with van der Waals surface area (Å²) in [6.07, 6.45) is 0.871. The van der Waals surface area contributed by atoms with E-state index in [0.717, 1.165) is 12.8 Å². The van der Waals surface area contributed by atoms with Crippen LogP contribution in [-0.2, 0) is 4.79 Å². The van der Waals surface area contributed by atoms with E-state index in [1.165, 1.54) is 4.90 Å². The number of nitrogens with zero attached hydrogens (tertiary/aromatic N) is 1. The molecule has 1 aliphatic heterocycles. The largest absolute Gasteiger partial charge is 0.480 e. The third-order valence-electron chi connectivity index (χ3n) is 3.79. The number of carboxylic acids is 1. The highest BCUT2D eigenvalue weighted by molar-refractivity contribution is 5.83. The summed E-state index contributed by atoms with van der Waals surface area (Å²) in [5, 5.41) is 21.4. The number of carbonyl (C=O) groups is 2. The molecule has 0 aromatic carbocycles. The Hall–Kier alpha value is -1.30. The van der Waals surface area contributed by atoms with E-state index < -0.39 is 24.1 Å². The monoisotopic (exact) mass is 258 g/mol. The Bertz CT molecular complexity index is 328. The number of β-amino-alcohol motifs (C(OH)–C–C–N with tert-alkyl or cyclic N) is 1. The summed E-state index contributed by atoms with van der Waals surface area (Å²) in [5.74, 6) is -1.07. The summed E-state index contributed by atoms with van der Waals surface area (Å²) in [5.41, 5.74) is -0.340.